The highest BCUT2D eigenvalue weighted by molar-refractivity contribution is 7.80. The highest BCUT2D eigenvalue weighted by Gasteiger charge is 2.05. The summed E-state index contributed by atoms with van der Waals surface area (Å²) < 4.78 is 5.22. The van der Waals surface area contributed by atoms with Crippen LogP contribution in [0.3, 0.4) is 0 Å². The van der Waals surface area contributed by atoms with E-state index in [2.05, 4.69) is 10.6 Å². The second kappa shape index (κ2) is 8.10. The van der Waals surface area contributed by atoms with E-state index in [0.29, 0.717) is 11.4 Å². The van der Waals surface area contributed by atoms with Gasteiger partial charge in [0.05, 0.1) is 12.8 Å². The van der Waals surface area contributed by atoms with Crippen molar-refractivity contribution in [2.24, 2.45) is 0 Å². The maximum absolute atomic E-state index is 11.9. The van der Waals surface area contributed by atoms with E-state index in [1.54, 1.807) is 13.2 Å². The van der Waals surface area contributed by atoms with Gasteiger partial charge in [-0.1, -0.05) is 42.0 Å². The third kappa shape index (κ3) is 5.23. The smallest absolute Gasteiger partial charge is 0.250 e. The van der Waals surface area contributed by atoms with Crippen molar-refractivity contribution in [2.45, 2.75) is 6.92 Å². The Morgan fingerprint density at radius 3 is 2.52 bits per heavy atom. The highest BCUT2D eigenvalue weighted by atomic mass is 32.1. The van der Waals surface area contributed by atoms with Crippen molar-refractivity contribution >= 4 is 35.0 Å². The molecule has 0 spiro atoms. The summed E-state index contributed by atoms with van der Waals surface area (Å²) in [5.41, 5.74) is 2.82. The summed E-state index contributed by atoms with van der Waals surface area (Å²) in [7, 11) is 1.58. The predicted octanol–water partition coefficient (Wildman–Crippen LogP) is 3.53. The number of carbonyl (C=O) groups excluding carboxylic acids is 1. The number of aryl methyl sites for hydroxylation is 1. The first-order chi connectivity index (χ1) is 11.1. The summed E-state index contributed by atoms with van der Waals surface area (Å²) in [4.78, 5) is 11.9. The van der Waals surface area contributed by atoms with Gasteiger partial charge in [-0.25, -0.2) is 0 Å². The van der Waals surface area contributed by atoms with E-state index in [0.717, 1.165) is 5.56 Å². The number of thiocarbonyl (C=S) groups is 1. The van der Waals surface area contributed by atoms with Crippen LogP contribution in [0.25, 0.3) is 6.08 Å². The maximum Gasteiger partial charge on any atom is 0.250 e. The Labute approximate surface area is 141 Å². The Hall–Kier alpha value is -2.66. The van der Waals surface area contributed by atoms with E-state index in [1.807, 2.05) is 55.5 Å². The second-order valence-corrected chi connectivity index (χ2v) is 5.30. The van der Waals surface area contributed by atoms with Gasteiger partial charge in [-0.15, -0.1) is 0 Å². The maximum atomic E-state index is 11.9. The van der Waals surface area contributed by atoms with Crippen LogP contribution in [0.4, 0.5) is 5.69 Å². The molecule has 0 unspecified atom stereocenters. The van der Waals surface area contributed by atoms with Crippen LogP contribution >= 0.6 is 12.2 Å². The highest BCUT2D eigenvalue weighted by Crippen LogP contribution is 2.22. The van der Waals surface area contributed by atoms with E-state index in [4.69, 9.17) is 17.0 Å². The molecule has 0 aliphatic carbocycles. The molecule has 0 aliphatic rings. The zero-order valence-electron chi connectivity index (χ0n) is 13.0. The molecule has 2 aromatic carbocycles. The number of anilines is 1. The number of methoxy groups -OCH3 is 1. The number of hydrogen-bond acceptors (Lipinski definition) is 3. The van der Waals surface area contributed by atoms with Gasteiger partial charge in [0.2, 0.25) is 5.91 Å². The lowest BCUT2D eigenvalue weighted by atomic mass is 10.1. The number of carbonyl (C=O) groups is 1. The van der Waals surface area contributed by atoms with Gasteiger partial charge in [0.1, 0.15) is 5.75 Å². The molecule has 0 saturated heterocycles. The van der Waals surface area contributed by atoms with Crippen molar-refractivity contribution in [3.8, 4) is 5.75 Å². The van der Waals surface area contributed by atoms with Gasteiger partial charge in [-0.3, -0.25) is 10.1 Å². The van der Waals surface area contributed by atoms with Gasteiger partial charge in [-0.2, -0.15) is 0 Å². The molecule has 1 amide bonds. The lowest BCUT2D eigenvalue weighted by molar-refractivity contribution is -0.115. The van der Waals surface area contributed by atoms with Crippen LogP contribution < -0.4 is 15.4 Å². The zero-order valence-corrected chi connectivity index (χ0v) is 13.8. The van der Waals surface area contributed by atoms with Crippen molar-refractivity contribution in [2.75, 3.05) is 12.4 Å². The Kier molecular flexibility index (Phi) is 5.88. The van der Waals surface area contributed by atoms with Gasteiger partial charge >= 0.3 is 0 Å². The predicted molar refractivity (Wildman–Crippen MR) is 97.6 cm³/mol. The summed E-state index contributed by atoms with van der Waals surface area (Å²) in [6, 6.07) is 15.2. The molecule has 0 saturated carbocycles. The minimum atomic E-state index is -0.294. The molecule has 0 heterocycles. The molecule has 23 heavy (non-hydrogen) atoms. The molecule has 0 aromatic heterocycles. The zero-order chi connectivity index (χ0) is 16.7. The number of ether oxygens (including phenoxy) is 1. The number of rotatable bonds is 4. The number of para-hydroxylation sites is 2. The van der Waals surface area contributed by atoms with E-state index >= 15 is 0 Å². The Bertz CT molecular complexity index is 724. The molecule has 2 N–H and O–H groups in total. The third-order valence-corrected chi connectivity index (χ3v) is 3.30. The molecule has 5 heteroatoms. The average molecular weight is 326 g/mol. The van der Waals surface area contributed by atoms with Gasteiger partial charge in [-0.05, 0) is 42.9 Å². The molecule has 0 radical (unpaired) electrons. The number of hydrogen-bond donors (Lipinski definition) is 2. The molecular weight excluding hydrogens is 308 g/mol. The van der Waals surface area contributed by atoms with Gasteiger partial charge < -0.3 is 10.1 Å². The molecular formula is C18H18N2O2S. The van der Waals surface area contributed by atoms with Gasteiger partial charge in [0.25, 0.3) is 0 Å². The lowest BCUT2D eigenvalue weighted by Crippen LogP contribution is -2.32. The van der Waals surface area contributed by atoms with Gasteiger partial charge in [0.15, 0.2) is 5.11 Å². The van der Waals surface area contributed by atoms with Crippen molar-refractivity contribution in [3.05, 3.63) is 65.7 Å². The van der Waals surface area contributed by atoms with E-state index in [1.165, 1.54) is 11.6 Å². The summed E-state index contributed by atoms with van der Waals surface area (Å²) in [5.74, 6) is 0.359. The van der Waals surface area contributed by atoms with Crippen LogP contribution in [0, 0.1) is 6.92 Å². The number of amides is 1. The number of benzene rings is 2. The Morgan fingerprint density at radius 2 is 1.83 bits per heavy atom. The monoisotopic (exact) mass is 326 g/mol. The molecule has 118 valence electrons. The third-order valence-electron chi connectivity index (χ3n) is 3.10. The van der Waals surface area contributed by atoms with E-state index < -0.39 is 0 Å². The quantitative estimate of drug-likeness (QED) is 0.667. The van der Waals surface area contributed by atoms with Crippen molar-refractivity contribution in [1.82, 2.24) is 5.32 Å². The summed E-state index contributed by atoms with van der Waals surface area (Å²) >= 11 is 5.14. The van der Waals surface area contributed by atoms with E-state index in [-0.39, 0.29) is 11.0 Å². The molecule has 2 aromatic rings. The van der Waals surface area contributed by atoms with Crippen LogP contribution in [0.15, 0.2) is 54.6 Å². The fraction of sp³-hybridized carbons (Fsp3) is 0.111. The van der Waals surface area contributed by atoms with Crippen molar-refractivity contribution in [1.29, 1.82) is 0 Å². The fourth-order valence-corrected chi connectivity index (χ4v) is 2.12. The first kappa shape index (κ1) is 16.7. The molecule has 0 fully saturated rings. The minimum absolute atomic E-state index is 0.216. The average Bonchev–Trinajstić information content (AvgIpc) is 2.54. The SMILES string of the molecule is COc1ccccc1NC(=S)NC(=O)C=Cc1ccc(C)cc1. The summed E-state index contributed by atoms with van der Waals surface area (Å²) in [5, 5.41) is 5.75. The standard InChI is InChI=1S/C18H18N2O2S/c1-13-7-9-14(10-8-13)11-12-17(21)20-18(23)19-15-5-3-4-6-16(15)22-2/h3-12H,1-2H3,(H2,19,20,21,23). The molecule has 0 bridgehead atoms. The normalized spacial score (nSPS) is 10.3. The van der Waals surface area contributed by atoms with Crippen LogP contribution in [-0.4, -0.2) is 18.1 Å². The molecule has 2 rings (SSSR count). The lowest BCUT2D eigenvalue weighted by Gasteiger charge is -2.11. The first-order valence-electron chi connectivity index (χ1n) is 7.08. The van der Waals surface area contributed by atoms with Crippen LogP contribution in [0.5, 0.6) is 5.75 Å². The second-order valence-electron chi connectivity index (χ2n) is 4.89. The summed E-state index contributed by atoms with van der Waals surface area (Å²) in [6.07, 6.45) is 3.18. The topological polar surface area (TPSA) is 50.4 Å². The van der Waals surface area contributed by atoms with Crippen molar-refractivity contribution in [3.63, 3.8) is 0 Å². The molecule has 0 atom stereocenters. The summed E-state index contributed by atoms with van der Waals surface area (Å²) in [6.45, 7) is 2.02. The van der Waals surface area contributed by atoms with Crippen molar-refractivity contribution < 1.29 is 9.53 Å². The Balaban J connectivity index is 1.92. The fourth-order valence-electron chi connectivity index (χ4n) is 1.90. The molecule has 0 aliphatic heterocycles. The molecule has 4 nitrogen and oxygen atoms in total. The Morgan fingerprint density at radius 1 is 1.13 bits per heavy atom. The largest absolute Gasteiger partial charge is 0.495 e. The van der Waals surface area contributed by atoms with Crippen LogP contribution in [0.2, 0.25) is 0 Å². The first-order valence-corrected chi connectivity index (χ1v) is 7.49. The number of nitrogens with one attached hydrogen (secondary N) is 2. The van der Waals surface area contributed by atoms with Crippen LogP contribution in [0.1, 0.15) is 11.1 Å². The van der Waals surface area contributed by atoms with Crippen LogP contribution in [-0.2, 0) is 4.79 Å². The van der Waals surface area contributed by atoms with E-state index in [9.17, 15) is 4.79 Å². The van der Waals surface area contributed by atoms with Gasteiger partial charge in [0, 0.05) is 6.08 Å². The minimum Gasteiger partial charge on any atom is -0.495 e.